The molecule has 0 aliphatic rings. The number of anilines is 2. The molecular weight excluding hydrogens is 410 g/mol. The quantitative estimate of drug-likeness (QED) is 0.485. The van der Waals surface area contributed by atoms with Crippen molar-refractivity contribution in [2.24, 2.45) is 0 Å². The third-order valence-electron chi connectivity index (χ3n) is 4.62. The molecule has 0 saturated carbocycles. The van der Waals surface area contributed by atoms with E-state index in [1.165, 1.54) is 28.5 Å². The first kappa shape index (κ1) is 20.0. The summed E-state index contributed by atoms with van der Waals surface area (Å²) in [7, 11) is -2.12. The van der Waals surface area contributed by atoms with Gasteiger partial charge in [0, 0.05) is 42.3 Å². The molecule has 0 spiro atoms. The van der Waals surface area contributed by atoms with Gasteiger partial charge in [0.2, 0.25) is 0 Å². The highest BCUT2D eigenvalue weighted by molar-refractivity contribution is 7.90. The number of nitrogens with zero attached hydrogens (tertiary/aromatic N) is 2. The van der Waals surface area contributed by atoms with Crippen molar-refractivity contribution in [3.8, 4) is 0 Å². The zero-order chi connectivity index (χ0) is 21.3. The molecule has 2 aromatic heterocycles. The Hall–Kier alpha value is -3.30. The molecule has 4 aromatic rings. The topological polar surface area (TPSA) is 76.0 Å². The lowest BCUT2D eigenvalue weighted by atomic mass is 10.1. The average molecular weight is 428 g/mol. The molecule has 0 fully saturated rings. The lowest BCUT2D eigenvalue weighted by Gasteiger charge is -2.10. The van der Waals surface area contributed by atoms with Gasteiger partial charge in [0.1, 0.15) is 16.5 Å². The fraction of sp³-hybridized carbons (Fsp3) is 0.0952. The van der Waals surface area contributed by atoms with E-state index in [0.29, 0.717) is 17.7 Å². The van der Waals surface area contributed by atoms with Crippen LogP contribution in [0.5, 0.6) is 0 Å². The van der Waals surface area contributed by atoms with Gasteiger partial charge in [0.25, 0.3) is 10.0 Å². The Bertz CT molecular complexity index is 1320. The lowest BCUT2D eigenvalue weighted by Crippen LogP contribution is -2.12. The highest BCUT2D eigenvalue weighted by atomic mass is 32.2. The molecule has 0 aliphatic carbocycles. The molecule has 0 unspecified atom stereocenters. The maximum absolute atomic E-state index is 14.0. The van der Waals surface area contributed by atoms with Crippen molar-refractivity contribution in [3.05, 3.63) is 84.3 Å². The summed E-state index contributed by atoms with van der Waals surface area (Å²) >= 11 is 0. The Balaban J connectivity index is 1.85. The average Bonchev–Trinajstić information content (AvgIpc) is 3.10. The predicted molar refractivity (Wildman–Crippen MR) is 111 cm³/mol. The molecule has 4 rings (SSSR count). The van der Waals surface area contributed by atoms with Crippen LogP contribution in [0.15, 0.2) is 72.0 Å². The minimum atomic E-state index is -3.89. The Morgan fingerprint density at radius 3 is 2.63 bits per heavy atom. The first-order valence-corrected chi connectivity index (χ1v) is 10.5. The second-order valence-electron chi connectivity index (χ2n) is 6.66. The summed E-state index contributed by atoms with van der Waals surface area (Å²) in [6, 6.07) is 11.3. The Morgan fingerprint density at radius 1 is 1.10 bits per heavy atom. The van der Waals surface area contributed by atoms with Gasteiger partial charge in [0.05, 0.1) is 11.2 Å². The summed E-state index contributed by atoms with van der Waals surface area (Å²) in [5.41, 5.74) is 1.76. The molecule has 2 N–H and O–H groups in total. The zero-order valence-corrected chi connectivity index (χ0v) is 16.7. The summed E-state index contributed by atoms with van der Waals surface area (Å²) in [5, 5.41) is 6.64. The van der Waals surface area contributed by atoms with Gasteiger partial charge >= 0.3 is 0 Å². The van der Waals surface area contributed by atoms with Gasteiger partial charge in [-0.15, -0.1) is 0 Å². The number of hydrogen-bond donors (Lipinski definition) is 2. The van der Waals surface area contributed by atoms with E-state index in [2.05, 4.69) is 15.6 Å². The van der Waals surface area contributed by atoms with Crippen LogP contribution < -0.4 is 10.6 Å². The smallest absolute Gasteiger partial charge is 0.269 e. The zero-order valence-electron chi connectivity index (χ0n) is 15.9. The summed E-state index contributed by atoms with van der Waals surface area (Å²) in [5.74, 6) is -1.43. The van der Waals surface area contributed by atoms with Gasteiger partial charge in [0.15, 0.2) is 0 Å². The van der Waals surface area contributed by atoms with E-state index in [-0.39, 0.29) is 10.6 Å². The molecular formula is C21H18F2N4O2S. The molecule has 0 amide bonds. The summed E-state index contributed by atoms with van der Waals surface area (Å²) in [6.07, 6.45) is 4.35. The van der Waals surface area contributed by atoms with Crippen LogP contribution in [0.1, 0.15) is 5.56 Å². The number of halogens is 2. The molecule has 2 aromatic carbocycles. The van der Waals surface area contributed by atoms with E-state index in [1.54, 1.807) is 37.5 Å². The largest absolute Gasteiger partial charge is 0.353 e. The summed E-state index contributed by atoms with van der Waals surface area (Å²) in [4.78, 5) is 3.96. The monoisotopic (exact) mass is 428 g/mol. The fourth-order valence-electron chi connectivity index (χ4n) is 3.23. The maximum Gasteiger partial charge on any atom is 0.269 e. The van der Waals surface area contributed by atoms with E-state index in [4.69, 9.17) is 0 Å². The fourth-order valence-corrected chi connectivity index (χ4v) is 4.58. The van der Waals surface area contributed by atoms with Crippen molar-refractivity contribution in [1.29, 1.82) is 0 Å². The van der Waals surface area contributed by atoms with Gasteiger partial charge < -0.3 is 10.6 Å². The van der Waals surface area contributed by atoms with Crippen LogP contribution in [0.4, 0.5) is 20.2 Å². The Kier molecular flexibility index (Phi) is 5.23. The molecule has 9 heteroatoms. The van der Waals surface area contributed by atoms with Crippen LogP contribution in [0, 0.1) is 11.6 Å². The molecule has 0 radical (unpaired) electrons. The second-order valence-corrected chi connectivity index (χ2v) is 8.47. The van der Waals surface area contributed by atoms with Crippen LogP contribution in [0.3, 0.4) is 0 Å². The van der Waals surface area contributed by atoms with Gasteiger partial charge in [-0.25, -0.2) is 21.2 Å². The first-order chi connectivity index (χ1) is 14.4. The van der Waals surface area contributed by atoms with E-state index in [0.717, 1.165) is 23.1 Å². The maximum atomic E-state index is 14.0. The lowest BCUT2D eigenvalue weighted by molar-refractivity contribution is 0.585. The van der Waals surface area contributed by atoms with E-state index < -0.39 is 21.7 Å². The highest BCUT2D eigenvalue weighted by Gasteiger charge is 2.21. The van der Waals surface area contributed by atoms with Crippen LogP contribution in [-0.2, 0) is 16.6 Å². The summed E-state index contributed by atoms with van der Waals surface area (Å²) in [6.45, 7) is 0.464. The predicted octanol–water partition coefficient (Wildman–Crippen LogP) is 4.01. The Morgan fingerprint density at radius 2 is 1.93 bits per heavy atom. The van der Waals surface area contributed by atoms with E-state index in [1.807, 2.05) is 0 Å². The minimum Gasteiger partial charge on any atom is -0.353 e. The molecule has 2 heterocycles. The van der Waals surface area contributed by atoms with Crippen LogP contribution >= 0.6 is 0 Å². The molecule has 6 nitrogen and oxygen atoms in total. The van der Waals surface area contributed by atoms with Crippen LogP contribution in [0.2, 0.25) is 0 Å². The normalized spacial score (nSPS) is 11.7. The number of hydrogen-bond acceptors (Lipinski definition) is 5. The molecule has 30 heavy (non-hydrogen) atoms. The minimum absolute atomic E-state index is 0.0563. The molecule has 0 saturated heterocycles. The van der Waals surface area contributed by atoms with E-state index >= 15 is 0 Å². The number of benzene rings is 2. The van der Waals surface area contributed by atoms with E-state index in [9.17, 15) is 17.2 Å². The standard InChI is InChI=1S/C21H18F2N4O2S/c1-24-11-14-13-27(30(28,29)17-3-2-8-25-12-17)21-10-16(5-6-18(14)21)26-20-7-4-15(22)9-19(20)23/h2-10,12-13,24,26H,11H2,1H3. The first-order valence-electron chi connectivity index (χ1n) is 9.06. The van der Waals surface area contributed by atoms with Gasteiger partial charge in [-0.2, -0.15) is 0 Å². The highest BCUT2D eigenvalue weighted by Crippen LogP contribution is 2.30. The van der Waals surface area contributed by atoms with Crippen LogP contribution in [-0.4, -0.2) is 24.4 Å². The number of aromatic nitrogens is 2. The Labute approximate surface area is 172 Å². The number of pyridine rings is 1. The van der Waals surface area contributed by atoms with Gasteiger partial charge in [-0.05, 0) is 49.0 Å². The summed E-state index contributed by atoms with van der Waals surface area (Å²) < 4.78 is 54.8. The molecule has 0 aliphatic heterocycles. The van der Waals surface area contributed by atoms with Crippen molar-refractivity contribution in [2.75, 3.05) is 12.4 Å². The van der Waals surface area contributed by atoms with Crippen molar-refractivity contribution in [1.82, 2.24) is 14.3 Å². The number of rotatable bonds is 6. The molecule has 0 bridgehead atoms. The third kappa shape index (κ3) is 3.64. The van der Waals surface area contributed by atoms with Crippen molar-refractivity contribution < 1.29 is 17.2 Å². The van der Waals surface area contributed by atoms with Gasteiger partial charge in [-0.1, -0.05) is 6.07 Å². The SMILES string of the molecule is CNCc1cn(S(=O)(=O)c2cccnc2)c2cc(Nc3ccc(F)cc3F)ccc12. The van der Waals surface area contributed by atoms with Crippen LogP contribution in [0.25, 0.3) is 10.9 Å². The van der Waals surface area contributed by atoms with Crippen molar-refractivity contribution in [3.63, 3.8) is 0 Å². The van der Waals surface area contributed by atoms with Gasteiger partial charge in [-0.3, -0.25) is 4.98 Å². The second kappa shape index (κ2) is 7.85. The van der Waals surface area contributed by atoms with Crippen molar-refractivity contribution >= 4 is 32.3 Å². The number of fused-ring (bicyclic) bond motifs is 1. The van der Waals surface area contributed by atoms with Crippen molar-refractivity contribution in [2.45, 2.75) is 11.4 Å². The third-order valence-corrected chi connectivity index (χ3v) is 6.28. The number of nitrogens with one attached hydrogen (secondary N) is 2. The molecule has 0 atom stereocenters. The molecule has 154 valence electrons.